The largest absolute Gasteiger partial charge is 0.496 e. The lowest BCUT2D eigenvalue weighted by atomic mass is 10.0. The summed E-state index contributed by atoms with van der Waals surface area (Å²) in [5.41, 5.74) is 2.37. The van der Waals surface area contributed by atoms with Crippen molar-refractivity contribution in [3.8, 4) is 5.75 Å². The summed E-state index contributed by atoms with van der Waals surface area (Å²) in [7, 11) is 1.55. The van der Waals surface area contributed by atoms with Crippen LogP contribution >= 0.6 is 39.1 Å². The fraction of sp³-hybridized carbons (Fsp3) is 0.188. The molecule has 0 radical (unpaired) electrons. The van der Waals surface area contributed by atoms with E-state index in [2.05, 4.69) is 15.9 Å². The molecule has 0 saturated heterocycles. The Balaban J connectivity index is 2.31. The molecule has 0 unspecified atom stereocenters. The average molecular weight is 388 g/mol. The molecule has 0 aliphatic heterocycles. The Bertz CT molecular complexity index is 699. The molecule has 2 rings (SSSR count). The Labute approximate surface area is 142 Å². The van der Waals surface area contributed by atoms with Crippen molar-refractivity contribution >= 4 is 44.9 Å². The molecule has 2 aromatic carbocycles. The Hall–Kier alpha value is -1.03. The molecule has 0 bridgehead atoms. The van der Waals surface area contributed by atoms with Gasteiger partial charge in [-0.3, -0.25) is 4.79 Å². The van der Waals surface area contributed by atoms with Crippen molar-refractivity contribution in [2.45, 2.75) is 13.3 Å². The monoisotopic (exact) mass is 386 g/mol. The maximum atomic E-state index is 12.5. The van der Waals surface area contributed by atoms with Gasteiger partial charge in [-0.2, -0.15) is 0 Å². The van der Waals surface area contributed by atoms with Crippen LogP contribution in [0.25, 0.3) is 0 Å². The zero-order valence-electron chi connectivity index (χ0n) is 11.5. The lowest BCUT2D eigenvalue weighted by Gasteiger charge is -2.10. The van der Waals surface area contributed by atoms with Crippen LogP contribution < -0.4 is 4.74 Å². The second-order valence-corrected chi connectivity index (χ2v) is 6.32. The molecule has 2 nitrogen and oxygen atoms in total. The summed E-state index contributed by atoms with van der Waals surface area (Å²) in [4.78, 5) is 12.5. The summed E-state index contributed by atoms with van der Waals surface area (Å²) < 4.78 is 6.17. The summed E-state index contributed by atoms with van der Waals surface area (Å²) in [5.74, 6) is 0.534. The van der Waals surface area contributed by atoms with Gasteiger partial charge in [-0.15, -0.1) is 0 Å². The van der Waals surface area contributed by atoms with E-state index >= 15 is 0 Å². The number of carbonyl (C=O) groups is 1. The predicted molar refractivity (Wildman–Crippen MR) is 89.9 cm³/mol. The fourth-order valence-corrected chi connectivity index (χ4v) is 2.64. The second-order valence-electron chi connectivity index (χ2n) is 4.65. The van der Waals surface area contributed by atoms with Gasteiger partial charge in [-0.25, -0.2) is 0 Å². The molecule has 0 atom stereocenters. The molecule has 0 saturated carbocycles. The van der Waals surface area contributed by atoms with Crippen molar-refractivity contribution in [1.29, 1.82) is 0 Å². The molecule has 110 valence electrons. The number of Topliss-reactive ketones (excluding diaryl/α,β-unsaturated/α-hetero) is 1. The number of benzene rings is 2. The van der Waals surface area contributed by atoms with Crippen LogP contribution in [-0.4, -0.2) is 12.9 Å². The van der Waals surface area contributed by atoms with Crippen molar-refractivity contribution in [2.75, 3.05) is 7.11 Å². The zero-order valence-corrected chi connectivity index (χ0v) is 14.6. The van der Waals surface area contributed by atoms with E-state index in [0.717, 1.165) is 15.6 Å². The molecule has 0 aliphatic rings. The fourth-order valence-electron chi connectivity index (χ4n) is 1.97. The summed E-state index contributed by atoms with van der Waals surface area (Å²) in [6.45, 7) is 1.94. The van der Waals surface area contributed by atoms with Crippen LogP contribution in [0.15, 0.2) is 34.8 Å². The first-order valence-corrected chi connectivity index (χ1v) is 7.78. The number of aryl methyl sites for hydroxylation is 1. The van der Waals surface area contributed by atoms with E-state index in [1.54, 1.807) is 31.4 Å². The number of ketones is 1. The van der Waals surface area contributed by atoms with E-state index in [1.165, 1.54) is 0 Å². The van der Waals surface area contributed by atoms with E-state index in [4.69, 9.17) is 27.9 Å². The van der Waals surface area contributed by atoms with Gasteiger partial charge >= 0.3 is 0 Å². The topological polar surface area (TPSA) is 26.3 Å². The highest BCUT2D eigenvalue weighted by atomic mass is 79.9. The van der Waals surface area contributed by atoms with E-state index in [1.807, 2.05) is 13.0 Å². The summed E-state index contributed by atoms with van der Waals surface area (Å²) in [6, 6.07) is 8.81. The molecular formula is C16H13BrCl2O2. The summed E-state index contributed by atoms with van der Waals surface area (Å²) in [6.07, 6.45) is 0.239. The normalized spacial score (nSPS) is 10.5. The lowest BCUT2D eigenvalue weighted by molar-refractivity contribution is 0.0990. The van der Waals surface area contributed by atoms with Gasteiger partial charge in [-0.1, -0.05) is 45.2 Å². The molecule has 5 heteroatoms. The van der Waals surface area contributed by atoms with Gasteiger partial charge < -0.3 is 4.74 Å². The van der Waals surface area contributed by atoms with Crippen LogP contribution in [0.4, 0.5) is 0 Å². The number of ether oxygens (including phenoxy) is 1. The van der Waals surface area contributed by atoms with Crippen LogP contribution in [0.5, 0.6) is 5.75 Å². The molecule has 0 heterocycles. The van der Waals surface area contributed by atoms with Crippen molar-refractivity contribution in [2.24, 2.45) is 0 Å². The maximum Gasteiger partial charge on any atom is 0.170 e. The number of methoxy groups -OCH3 is 1. The third-order valence-corrected chi connectivity index (χ3v) is 4.72. The van der Waals surface area contributed by atoms with E-state index in [9.17, 15) is 4.79 Å². The Morgan fingerprint density at radius 3 is 2.52 bits per heavy atom. The van der Waals surface area contributed by atoms with Gasteiger partial charge in [0.05, 0.1) is 22.7 Å². The first-order chi connectivity index (χ1) is 9.92. The van der Waals surface area contributed by atoms with Gasteiger partial charge in [0.1, 0.15) is 5.75 Å². The minimum atomic E-state index is -0.0362. The molecular weight excluding hydrogens is 375 g/mol. The molecule has 0 fully saturated rings. The quantitative estimate of drug-likeness (QED) is 0.647. The highest BCUT2D eigenvalue weighted by Crippen LogP contribution is 2.29. The van der Waals surface area contributed by atoms with Gasteiger partial charge in [0.25, 0.3) is 0 Å². The highest BCUT2D eigenvalue weighted by molar-refractivity contribution is 9.10. The minimum Gasteiger partial charge on any atom is -0.496 e. The molecule has 0 N–H and O–H groups in total. The summed E-state index contributed by atoms with van der Waals surface area (Å²) in [5, 5.41) is 0.919. The van der Waals surface area contributed by atoms with Gasteiger partial charge in [0.15, 0.2) is 5.78 Å². The predicted octanol–water partition coefficient (Wildman–Crippen LogP) is 5.50. The van der Waals surface area contributed by atoms with Crippen LogP contribution in [0.2, 0.25) is 10.0 Å². The van der Waals surface area contributed by atoms with E-state index < -0.39 is 0 Å². The number of hydrogen-bond acceptors (Lipinski definition) is 2. The SMILES string of the molecule is COc1cc(C)c(Br)cc1C(=O)Cc1ccc(Cl)c(Cl)c1. The van der Waals surface area contributed by atoms with Crippen LogP contribution in [0.3, 0.4) is 0 Å². The van der Waals surface area contributed by atoms with Crippen molar-refractivity contribution < 1.29 is 9.53 Å². The number of rotatable bonds is 4. The Kier molecular flexibility index (Phi) is 5.31. The maximum absolute atomic E-state index is 12.5. The molecule has 0 amide bonds. The lowest BCUT2D eigenvalue weighted by Crippen LogP contribution is -2.06. The first kappa shape index (κ1) is 16.3. The summed E-state index contributed by atoms with van der Waals surface area (Å²) >= 11 is 15.3. The smallest absolute Gasteiger partial charge is 0.170 e. The van der Waals surface area contributed by atoms with Crippen molar-refractivity contribution in [3.05, 3.63) is 61.5 Å². The standard InChI is InChI=1S/C16H13BrCl2O2/c1-9-5-16(21-2)11(8-12(9)17)15(20)7-10-3-4-13(18)14(19)6-10/h3-6,8H,7H2,1-2H3. The number of carbonyl (C=O) groups excluding carboxylic acids is 1. The van der Waals surface area contributed by atoms with Crippen molar-refractivity contribution in [3.63, 3.8) is 0 Å². The number of halogens is 3. The average Bonchev–Trinajstić information content (AvgIpc) is 2.45. The van der Waals surface area contributed by atoms with E-state index in [0.29, 0.717) is 21.4 Å². The molecule has 21 heavy (non-hydrogen) atoms. The molecule has 0 aromatic heterocycles. The van der Waals surface area contributed by atoms with Crippen LogP contribution in [0, 0.1) is 6.92 Å². The van der Waals surface area contributed by atoms with Gasteiger partial charge in [0, 0.05) is 10.9 Å². The van der Waals surface area contributed by atoms with Crippen LogP contribution in [0.1, 0.15) is 21.5 Å². The Morgan fingerprint density at radius 2 is 1.90 bits per heavy atom. The van der Waals surface area contributed by atoms with Crippen LogP contribution in [-0.2, 0) is 6.42 Å². The highest BCUT2D eigenvalue weighted by Gasteiger charge is 2.15. The Morgan fingerprint density at radius 1 is 1.19 bits per heavy atom. The molecule has 2 aromatic rings. The van der Waals surface area contributed by atoms with Gasteiger partial charge in [-0.05, 0) is 42.3 Å². The second kappa shape index (κ2) is 6.82. The zero-order chi connectivity index (χ0) is 15.6. The first-order valence-electron chi connectivity index (χ1n) is 6.23. The minimum absolute atomic E-state index is 0.0362. The van der Waals surface area contributed by atoms with Crippen molar-refractivity contribution in [1.82, 2.24) is 0 Å². The number of hydrogen-bond donors (Lipinski definition) is 0. The molecule has 0 aliphatic carbocycles. The van der Waals surface area contributed by atoms with E-state index in [-0.39, 0.29) is 12.2 Å². The third kappa shape index (κ3) is 3.79. The molecule has 0 spiro atoms. The third-order valence-electron chi connectivity index (χ3n) is 3.13. The van der Waals surface area contributed by atoms with Gasteiger partial charge in [0.2, 0.25) is 0 Å².